The Labute approximate surface area is 202 Å². The summed E-state index contributed by atoms with van der Waals surface area (Å²) in [5.74, 6) is -1.59. The van der Waals surface area contributed by atoms with Gasteiger partial charge in [-0.25, -0.2) is 4.39 Å². The van der Waals surface area contributed by atoms with Crippen LogP contribution >= 0.6 is 11.6 Å². The minimum Gasteiger partial charge on any atom is -0.352 e. The van der Waals surface area contributed by atoms with Gasteiger partial charge in [0, 0.05) is 31.2 Å². The summed E-state index contributed by atoms with van der Waals surface area (Å²) in [6.45, 7) is 0.994. The number of rotatable bonds is 4. The second-order valence-electron chi connectivity index (χ2n) is 7.68. The van der Waals surface area contributed by atoms with Crippen molar-refractivity contribution >= 4 is 34.9 Å². The molecule has 2 aromatic carbocycles. The Balaban J connectivity index is 1.38. The Morgan fingerprint density at radius 2 is 1.66 bits per heavy atom. The van der Waals surface area contributed by atoms with E-state index in [9.17, 15) is 27.2 Å². The molecule has 0 atom stereocenters. The predicted octanol–water partition coefficient (Wildman–Crippen LogP) is 4.50. The van der Waals surface area contributed by atoms with Gasteiger partial charge in [0.1, 0.15) is 5.82 Å². The van der Waals surface area contributed by atoms with Gasteiger partial charge >= 0.3 is 6.18 Å². The fourth-order valence-electron chi connectivity index (χ4n) is 3.62. The van der Waals surface area contributed by atoms with Crippen molar-refractivity contribution in [1.82, 2.24) is 15.1 Å². The van der Waals surface area contributed by atoms with E-state index >= 15 is 0 Å². The average molecular weight is 508 g/mol. The summed E-state index contributed by atoms with van der Waals surface area (Å²) in [6.07, 6.45) is -4.63. The number of halogens is 5. The number of hydrogen-bond acceptors (Lipinski definition) is 5. The van der Waals surface area contributed by atoms with Crippen LogP contribution in [0.2, 0.25) is 5.02 Å². The fourth-order valence-corrected chi connectivity index (χ4v) is 3.79. The van der Waals surface area contributed by atoms with Crippen LogP contribution in [0.25, 0.3) is 0 Å². The van der Waals surface area contributed by atoms with Crippen molar-refractivity contribution in [3.05, 3.63) is 82.3 Å². The third-order valence-electron chi connectivity index (χ3n) is 5.41. The number of nitrogens with one attached hydrogen (secondary N) is 1. The lowest BCUT2D eigenvalue weighted by atomic mass is 10.1. The van der Waals surface area contributed by atoms with Gasteiger partial charge in [0.05, 0.1) is 16.8 Å². The van der Waals surface area contributed by atoms with Gasteiger partial charge in [0.15, 0.2) is 11.5 Å². The van der Waals surface area contributed by atoms with Gasteiger partial charge in [-0.2, -0.15) is 13.2 Å². The number of aromatic nitrogens is 2. The van der Waals surface area contributed by atoms with Crippen molar-refractivity contribution in [2.24, 2.45) is 0 Å². The van der Waals surface area contributed by atoms with Gasteiger partial charge in [0.2, 0.25) is 0 Å². The largest absolute Gasteiger partial charge is 0.417 e. The number of carbonyl (C=O) groups excluding carboxylic acids is 2. The van der Waals surface area contributed by atoms with Gasteiger partial charge in [-0.15, -0.1) is 10.2 Å². The summed E-state index contributed by atoms with van der Waals surface area (Å²) in [6, 6.07) is 11.4. The molecule has 0 saturated carbocycles. The van der Waals surface area contributed by atoms with Gasteiger partial charge in [-0.05, 0) is 42.5 Å². The lowest BCUT2D eigenvalue weighted by Gasteiger charge is -2.35. The number of piperazine rings is 1. The highest BCUT2D eigenvalue weighted by Gasteiger charge is 2.36. The van der Waals surface area contributed by atoms with Crippen LogP contribution in [0.3, 0.4) is 0 Å². The van der Waals surface area contributed by atoms with E-state index in [0.29, 0.717) is 18.9 Å². The minimum atomic E-state index is -4.63. The van der Waals surface area contributed by atoms with Crippen molar-refractivity contribution in [3.8, 4) is 0 Å². The van der Waals surface area contributed by atoms with Crippen LogP contribution in [0, 0.1) is 5.82 Å². The molecule has 1 aromatic heterocycles. The Morgan fingerprint density at radius 3 is 2.31 bits per heavy atom. The molecule has 0 spiro atoms. The van der Waals surface area contributed by atoms with Crippen LogP contribution in [0.1, 0.15) is 26.4 Å². The smallest absolute Gasteiger partial charge is 0.352 e. The minimum absolute atomic E-state index is 0.0503. The molecule has 2 heterocycles. The molecule has 0 aliphatic carbocycles. The molecule has 2 amide bonds. The number of carbonyl (C=O) groups is 2. The Hall–Kier alpha value is -3.73. The first-order chi connectivity index (χ1) is 16.6. The fraction of sp³-hybridized carbons (Fsp3) is 0.217. The molecule has 3 aromatic rings. The highest BCUT2D eigenvalue weighted by molar-refractivity contribution is 6.31. The highest BCUT2D eigenvalue weighted by atomic mass is 35.5. The maximum absolute atomic E-state index is 13.8. The molecule has 0 bridgehead atoms. The highest BCUT2D eigenvalue weighted by Crippen LogP contribution is 2.32. The molecule has 35 heavy (non-hydrogen) atoms. The molecular weight excluding hydrogens is 490 g/mol. The van der Waals surface area contributed by atoms with Crippen molar-refractivity contribution in [3.63, 3.8) is 0 Å². The molecule has 12 heteroatoms. The molecule has 1 fully saturated rings. The lowest BCUT2D eigenvalue weighted by molar-refractivity contribution is -0.138. The third kappa shape index (κ3) is 5.51. The summed E-state index contributed by atoms with van der Waals surface area (Å²) in [7, 11) is 0. The molecule has 1 saturated heterocycles. The molecule has 0 unspecified atom stereocenters. The molecule has 0 radical (unpaired) electrons. The van der Waals surface area contributed by atoms with Crippen LogP contribution in [-0.2, 0) is 6.18 Å². The number of hydrogen-bond donors (Lipinski definition) is 1. The zero-order chi connectivity index (χ0) is 25.2. The van der Waals surface area contributed by atoms with Crippen LogP contribution < -0.4 is 10.2 Å². The number of nitrogens with zero attached hydrogens (tertiary/aromatic N) is 4. The Kier molecular flexibility index (Phi) is 6.88. The summed E-state index contributed by atoms with van der Waals surface area (Å²) in [5.41, 5.74) is -1.50. The Bertz CT molecular complexity index is 1250. The second kappa shape index (κ2) is 9.87. The summed E-state index contributed by atoms with van der Waals surface area (Å²) < 4.78 is 53.6. The van der Waals surface area contributed by atoms with Crippen LogP contribution in [-0.4, -0.2) is 53.1 Å². The van der Waals surface area contributed by atoms with E-state index in [-0.39, 0.29) is 35.1 Å². The predicted molar refractivity (Wildman–Crippen MR) is 121 cm³/mol. The van der Waals surface area contributed by atoms with Crippen LogP contribution in [0.5, 0.6) is 0 Å². The number of alkyl halides is 3. The van der Waals surface area contributed by atoms with E-state index in [2.05, 4.69) is 15.5 Å². The third-order valence-corrected chi connectivity index (χ3v) is 5.65. The maximum Gasteiger partial charge on any atom is 0.417 e. The van der Waals surface area contributed by atoms with Crippen LogP contribution in [0.15, 0.2) is 54.6 Å². The SMILES string of the molecule is O=C(Nc1cc(Cl)ccc1F)c1ccc(N2CCN(C(=O)c3ccccc3C(F)(F)F)CC2)nn1. The first-order valence-corrected chi connectivity index (χ1v) is 10.8. The molecule has 182 valence electrons. The van der Waals surface area contributed by atoms with Crippen molar-refractivity contribution in [2.75, 3.05) is 36.4 Å². The molecule has 1 aliphatic rings. The summed E-state index contributed by atoms with van der Waals surface area (Å²) >= 11 is 5.82. The van der Waals surface area contributed by atoms with Gasteiger partial charge in [-0.3, -0.25) is 9.59 Å². The maximum atomic E-state index is 13.8. The molecule has 1 aliphatic heterocycles. The number of amides is 2. The monoisotopic (exact) mass is 507 g/mol. The topological polar surface area (TPSA) is 78.4 Å². The normalized spacial score (nSPS) is 14.1. The molecular formula is C23H18ClF4N5O2. The standard InChI is InChI=1S/C23H18ClF4N5O2/c24-14-5-6-17(25)19(13-14)29-21(34)18-7-8-20(31-30-18)32-9-11-33(12-10-32)22(35)15-3-1-2-4-16(15)23(26,27)28/h1-8,13H,9-12H2,(H,29,34). The van der Waals surface area contributed by atoms with Crippen molar-refractivity contribution in [1.29, 1.82) is 0 Å². The van der Waals surface area contributed by atoms with E-state index < -0.39 is 29.4 Å². The van der Waals surface area contributed by atoms with E-state index in [1.165, 1.54) is 41.3 Å². The quantitative estimate of drug-likeness (QED) is 0.526. The van der Waals surface area contributed by atoms with Gasteiger partial charge < -0.3 is 15.1 Å². The average Bonchev–Trinajstić information content (AvgIpc) is 2.85. The first kappa shape index (κ1) is 24.4. The molecule has 7 nitrogen and oxygen atoms in total. The van der Waals surface area contributed by atoms with E-state index in [0.717, 1.165) is 12.1 Å². The van der Waals surface area contributed by atoms with Gasteiger partial charge in [0.25, 0.3) is 11.8 Å². The van der Waals surface area contributed by atoms with Crippen molar-refractivity contribution < 1.29 is 27.2 Å². The Morgan fingerprint density at radius 1 is 0.943 bits per heavy atom. The summed E-state index contributed by atoms with van der Waals surface area (Å²) in [5, 5.41) is 10.5. The van der Waals surface area contributed by atoms with E-state index in [4.69, 9.17) is 11.6 Å². The zero-order valence-electron chi connectivity index (χ0n) is 18.0. The molecule has 4 rings (SSSR count). The lowest BCUT2D eigenvalue weighted by Crippen LogP contribution is -2.49. The molecule has 1 N–H and O–H groups in total. The zero-order valence-corrected chi connectivity index (χ0v) is 18.8. The van der Waals surface area contributed by atoms with Gasteiger partial charge in [-0.1, -0.05) is 23.7 Å². The van der Waals surface area contributed by atoms with E-state index in [1.807, 2.05) is 0 Å². The van der Waals surface area contributed by atoms with E-state index in [1.54, 1.807) is 11.0 Å². The van der Waals surface area contributed by atoms with Crippen molar-refractivity contribution in [2.45, 2.75) is 6.18 Å². The first-order valence-electron chi connectivity index (χ1n) is 10.4. The summed E-state index contributed by atoms with van der Waals surface area (Å²) in [4.78, 5) is 28.2. The second-order valence-corrected chi connectivity index (χ2v) is 8.11. The number of benzene rings is 2. The number of anilines is 2. The van der Waals surface area contributed by atoms with Crippen LogP contribution in [0.4, 0.5) is 29.1 Å².